The zero-order valence-corrected chi connectivity index (χ0v) is 18.3. The Hall–Kier alpha value is -2.75. The van der Waals surface area contributed by atoms with Crippen LogP contribution in [0.5, 0.6) is 0 Å². The van der Waals surface area contributed by atoms with Gasteiger partial charge < -0.3 is 4.57 Å². The molecule has 1 aromatic heterocycles. The van der Waals surface area contributed by atoms with Gasteiger partial charge in [-0.25, -0.2) is 24.4 Å². The molecule has 1 rings (SSSR count). The van der Waals surface area contributed by atoms with Gasteiger partial charge in [0.2, 0.25) is 5.96 Å². The zero-order chi connectivity index (χ0) is 23.4. The maximum absolute atomic E-state index is 13.4. The van der Waals surface area contributed by atoms with Crippen molar-refractivity contribution in [1.29, 1.82) is 0 Å². The fourth-order valence-electron chi connectivity index (χ4n) is 2.55. The molecular weight excluding hydrogens is 412 g/mol. The molecule has 0 bridgehead atoms. The minimum Gasteiger partial charge on any atom is -0.333 e. The molecule has 2 atom stereocenters. The quantitative estimate of drug-likeness (QED) is 0.144. The smallest absolute Gasteiger partial charge is 0.333 e. The number of nitrogens with zero attached hydrogens (tertiary/aromatic N) is 5. The maximum atomic E-state index is 13.4. The van der Waals surface area contributed by atoms with Gasteiger partial charge in [-0.2, -0.15) is 13.2 Å². The highest BCUT2D eigenvalue weighted by molar-refractivity contribution is 5.83. The first-order valence-corrected chi connectivity index (χ1v) is 9.76. The van der Waals surface area contributed by atoms with Gasteiger partial charge in [0.25, 0.3) is 0 Å². The minimum absolute atomic E-state index is 0.226. The summed E-state index contributed by atoms with van der Waals surface area (Å²) >= 11 is 0. The van der Waals surface area contributed by atoms with Crippen molar-refractivity contribution in [3.05, 3.63) is 54.4 Å². The summed E-state index contributed by atoms with van der Waals surface area (Å²) in [6.45, 7) is 10.5. The number of hydrogen-bond acceptors (Lipinski definition) is 3. The molecule has 1 aromatic rings. The number of aromatic nitrogens is 2. The SMILES string of the molecule is C=NC(=NC(C)C=CC(F)=CCC(F)(F)F)NN(C)CC(C)C=CCn1cnc(C)c1. The highest BCUT2D eigenvalue weighted by Crippen LogP contribution is 2.21. The fraction of sp³-hybridized carbons (Fsp3) is 0.476. The molecule has 0 amide bonds. The van der Waals surface area contributed by atoms with Crippen LogP contribution in [0.1, 0.15) is 26.0 Å². The summed E-state index contributed by atoms with van der Waals surface area (Å²) in [7, 11) is 1.82. The van der Waals surface area contributed by atoms with E-state index in [0.717, 1.165) is 18.3 Å². The fourth-order valence-corrected chi connectivity index (χ4v) is 2.55. The van der Waals surface area contributed by atoms with E-state index < -0.39 is 24.5 Å². The summed E-state index contributed by atoms with van der Waals surface area (Å²) < 4.78 is 51.7. The third kappa shape index (κ3) is 12.5. The highest BCUT2D eigenvalue weighted by Gasteiger charge is 2.25. The number of imidazole rings is 1. The second kappa shape index (κ2) is 12.8. The molecule has 6 nitrogen and oxygen atoms in total. The van der Waals surface area contributed by atoms with Crippen molar-refractivity contribution in [1.82, 2.24) is 20.0 Å². The Morgan fingerprint density at radius 1 is 1.35 bits per heavy atom. The van der Waals surface area contributed by atoms with Gasteiger partial charge in [0.15, 0.2) is 0 Å². The molecular formula is C21H30F4N6. The van der Waals surface area contributed by atoms with E-state index in [1.54, 1.807) is 18.3 Å². The van der Waals surface area contributed by atoms with Crippen LogP contribution < -0.4 is 5.43 Å². The first-order valence-electron chi connectivity index (χ1n) is 9.76. The number of halogens is 4. The van der Waals surface area contributed by atoms with Crippen LogP contribution in [0.2, 0.25) is 0 Å². The van der Waals surface area contributed by atoms with Crippen LogP contribution in [-0.4, -0.2) is 53.0 Å². The summed E-state index contributed by atoms with van der Waals surface area (Å²) in [4.78, 5) is 12.2. The molecule has 0 fully saturated rings. The molecule has 10 heteroatoms. The number of nitrogens with one attached hydrogen (secondary N) is 1. The summed E-state index contributed by atoms with van der Waals surface area (Å²) in [5.41, 5.74) is 3.96. The van der Waals surface area contributed by atoms with E-state index >= 15 is 0 Å². The molecule has 0 aliphatic rings. The van der Waals surface area contributed by atoms with Crippen molar-refractivity contribution >= 4 is 12.7 Å². The molecule has 0 aliphatic carbocycles. The lowest BCUT2D eigenvalue weighted by atomic mass is 10.1. The van der Waals surface area contributed by atoms with Crippen molar-refractivity contribution in [2.45, 2.75) is 46.0 Å². The largest absolute Gasteiger partial charge is 0.392 e. The van der Waals surface area contributed by atoms with E-state index in [1.165, 1.54) is 6.08 Å². The maximum Gasteiger partial charge on any atom is 0.392 e. The Morgan fingerprint density at radius 2 is 2.06 bits per heavy atom. The Kier molecular flexibility index (Phi) is 10.9. The molecule has 0 aliphatic heterocycles. The Bertz CT molecular complexity index is 807. The lowest BCUT2D eigenvalue weighted by Gasteiger charge is -2.21. The van der Waals surface area contributed by atoms with Crippen molar-refractivity contribution in [3.63, 3.8) is 0 Å². The monoisotopic (exact) mass is 442 g/mol. The molecule has 1 N–H and O–H groups in total. The van der Waals surface area contributed by atoms with Gasteiger partial charge in [-0.05, 0) is 38.6 Å². The van der Waals surface area contributed by atoms with Crippen LogP contribution >= 0.6 is 0 Å². The number of alkyl halides is 3. The Balaban J connectivity index is 2.52. The second-order valence-corrected chi connectivity index (χ2v) is 7.23. The van der Waals surface area contributed by atoms with Crippen molar-refractivity contribution in [3.8, 4) is 0 Å². The number of hydrazine groups is 1. The molecule has 0 spiro atoms. The molecule has 2 unspecified atom stereocenters. The van der Waals surface area contributed by atoms with Crippen LogP contribution in [0.15, 0.2) is 58.7 Å². The van der Waals surface area contributed by atoms with Gasteiger partial charge in [-0.1, -0.05) is 25.2 Å². The number of hydrogen-bond donors (Lipinski definition) is 1. The summed E-state index contributed by atoms with van der Waals surface area (Å²) in [6, 6.07) is -0.512. The average molecular weight is 443 g/mol. The predicted molar refractivity (Wildman–Crippen MR) is 116 cm³/mol. The average Bonchev–Trinajstić information content (AvgIpc) is 3.08. The van der Waals surface area contributed by atoms with Gasteiger partial charge in [-0.15, -0.1) is 0 Å². The van der Waals surface area contributed by atoms with Gasteiger partial charge in [-0.3, -0.25) is 5.43 Å². The van der Waals surface area contributed by atoms with Crippen LogP contribution in [-0.2, 0) is 6.54 Å². The van der Waals surface area contributed by atoms with E-state index in [1.807, 2.05) is 24.7 Å². The van der Waals surface area contributed by atoms with Crippen LogP contribution in [0.3, 0.4) is 0 Å². The summed E-state index contributed by atoms with van der Waals surface area (Å²) in [5, 5.41) is 1.80. The van der Waals surface area contributed by atoms with Gasteiger partial charge in [0, 0.05) is 26.3 Å². The number of guanidine groups is 1. The lowest BCUT2D eigenvalue weighted by Crippen LogP contribution is -2.41. The number of rotatable bonds is 10. The highest BCUT2D eigenvalue weighted by atomic mass is 19.4. The third-order valence-electron chi connectivity index (χ3n) is 3.93. The zero-order valence-electron chi connectivity index (χ0n) is 18.3. The van der Waals surface area contributed by atoms with Gasteiger partial charge in [0.05, 0.1) is 24.5 Å². The molecule has 172 valence electrons. The number of allylic oxidation sites excluding steroid dienone is 4. The topological polar surface area (TPSA) is 57.8 Å². The van der Waals surface area contributed by atoms with E-state index in [0.29, 0.717) is 12.6 Å². The van der Waals surface area contributed by atoms with Crippen molar-refractivity contribution in [2.75, 3.05) is 13.6 Å². The van der Waals surface area contributed by atoms with Crippen LogP contribution in [0.25, 0.3) is 0 Å². The molecule has 1 heterocycles. The van der Waals surface area contributed by atoms with Crippen molar-refractivity contribution < 1.29 is 17.6 Å². The van der Waals surface area contributed by atoms with Crippen LogP contribution in [0, 0.1) is 12.8 Å². The normalized spacial score (nSPS) is 15.8. The summed E-state index contributed by atoms with van der Waals surface area (Å²) in [5.74, 6) is -0.508. The van der Waals surface area contributed by atoms with E-state index in [9.17, 15) is 17.6 Å². The van der Waals surface area contributed by atoms with E-state index in [-0.39, 0.29) is 11.9 Å². The van der Waals surface area contributed by atoms with Crippen molar-refractivity contribution in [2.24, 2.45) is 15.9 Å². The van der Waals surface area contributed by atoms with Crippen LogP contribution in [0.4, 0.5) is 17.6 Å². The molecule has 0 saturated carbocycles. The Labute approximate surface area is 180 Å². The molecule has 31 heavy (non-hydrogen) atoms. The van der Waals surface area contributed by atoms with E-state index in [2.05, 4.69) is 46.2 Å². The number of aliphatic imine (C=N–C) groups is 2. The van der Waals surface area contributed by atoms with E-state index in [4.69, 9.17) is 0 Å². The predicted octanol–water partition coefficient (Wildman–Crippen LogP) is 4.63. The second-order valence-electron chi connectivity index (χ2n) is 7.23. The van der Waals surface area contributed by atoms with Gasteiger partial charge >= 0.3 is 6.18 Å². The molecule has 0 saturated heterocycles. The molecule has 0 aromatic carbocycles. The lowest BCUT2D eigenvalue weighted by molar-refractivity contribution is -0.125. The Morgan fingerprint density at radius 3 is 2.65 bits per heavy atom. The first-order chi connectivity index (χ1) is 14.5. The molecule has 0 radical (unpaired) electrons. The standard InChI is InChI=1S/C21H30F4N6/c1-16(7-6-12-31-14-18(3)27-15-31)13-30(5)29-20(26-4)28-17(2)8-9-19(22)10-11-21(23,24)25/h6-10,14-17H,4,11-13H2,1-3,5H3,(H,28,29). The first kappa shape index (κ1) is 26.3. The van der Waals surface area contributed by atoms with Gasteiger partial charge in [0.1, 0.15) is 5.83 Å². The summed E-state index contributed by atoms with van der Waals surface area (Å²) in [6.07, 6.45) is 4.93. The minimum atomic E-state index is -4.44. The number of aryl methyl sites for hydroxylation is 1. The third-order valence-corrected chi connectivity index (χ3v) is 3.93.